The Labute approximate surface area is 166 Å². The highest BCUT2D eigenvalue weighted by atomic mass is 35.5. The van der Waals surface area contributed by atoms with Crippen molar-refractivity contribution in [3.8, 4) is 0 Å². The van der Waals surface area contributed by atoms with Crippen LogP contribution < -0.4 is 15.3 Å². The van der Waals surface area contributed by atoms with Gasteiger partial charge in [-0.25, -0.2) is 10.2 Å². The molecule has 7 heteroatoms. The van der Waals surface area contributed by atoms with Crippen LogP contribution in [0, 0.1) is 11.8 Å². The smallest absolute Gasteiger partial charge is 0.279 e. The van der Waals surface area contributed by atoms with Crippen molar-refractivity contribution >= 4 is 25.1 Å². The van der Waals surface area contributed by atoms with Gasteiger partial charge in [0.25, 0.3) is 5.91 Å². The van der Waals surface area contributed by atoms with Crippen molar-refractivity contribution in [3.63, 3.8) is 0 Å². The number of benzene rings is 1. The molecular formula is C20H29ClN3O2P. The molecule has 5 nitrogen and oxygen atoms in total. The molecule has 27 heavy (non-hydrogen) atoms. The van der Waals surface area contributed by atoms with Crippen molar-refractivity contribution < 1.29 is 9.36 Å². The molecule has 1 aliphatic heterocycles. The molecule has 2 saturated carbocycles. The zero-order valence-electron chi connectivity index (χ0n) is 15.7. The van der Waals surface area contributed by atoms with Gasteiger partial charge in [-0.2, -0.15) is 0 Å². The lowest BCUT2D eigenvalue weighted by Gasteiger charge is -2.59. The van der Waals surface area contributed by atoms with Crippen LogP contribution in [-0.2, 0) is 4.57 Å². The summed E-state index contributed by atoms with van der Waals surface area (Å²) >= 11 is 5.89. The van der Waals surface area contributed by atoms with Crippen LogP contribution in [0.1, 0.15) is 74.6 Å². The molecule has 148 valence electrons. The topological polar surface area (TPSA) is 70.2 Å². The fourth-order valence-electron chi connectivity index (χ4n) is 5.20. The number of nitrogens with one attached hydrogen (secondary N) is 3. The van der Waals surface area contributed by atoms with E-state index in [4.69, 9.17) is 11.6 Å². The van der Waals surface area contributed by atoms with Gasteiger partial charge in [0, 0.05) is 10.6 Å². The predicted molar refractivity (Wildman–Crippen MR) is 109 cm³/mol. The highest BCUT2D eigenvalue weighted by Crippen LogP contribution is 2.56. The first-order valence-electron chi connectivity index (χ1n) is 10.3. The van der Waals surface area contributed by atoms with Crippen molar-refractivity contribution in [2.24, 2.45) is 11.8 Å². The molecule has 0 radical (unpaired) electrons. The second-order valence-corrected chi connectivity index (χ2v) is 10.6. The van der Waals surface area contributed by atoms with Crippen LogP contribution in [0.25, 0.3) is 0 Å². The van der Waals surface area contributed by atoms with E-state index in [1.807, 2.05) is 0 Å². The molecule has 0 unspecified atom stereocenters. The first-order valence-corrected chi connectivity index (χ1v) is 12.4. The van der Waals surface area contributed by atoms with Gasteiger partial charge in [-0.05, 0) is 61.8 Å². The molecule has 0 spiro atoms. The fraction of sp³-hybridized carbons (Fsp3) is 0.650. The summed E-state index contributed by atoms with van der Waals surface area (Å²) in [5.74, 6) is 0.642. The molecule has 1 heterocycles. The lowest BCUT2D eigenvalue weighted by molar-refractivity contribution is 0.0516. The van der Waals surface area contributed by atoms with E-state index in [1.54, 1.807) is 24.3 Å². The zero-order valence-corrected chi connectivity index (χ0v) is 17.3. The zero-order chi connectivity index (χ0) is 18.9. The molecule has 1 aromatic carbocycles. The second-order valence-electron chi connectivity index (χ2n) is 8.32. The van der Waals surface area contributed by atoms with Gasteiger partial charge in [-0.15, -0.1) is 0 Å². The second kappa shape index (κ2) is 7.87. The summed E-state index contributed by atoms with van der Waals surface area (Å²) in [5.41, 5.74) is 0.190. The third-order valence-corrected chi connectivity index (χ3v) is 8.69. The Hall–Kier alpha value is -0.870. The first kappa shape index (κ1) is 19.4. The Balaban J connectivity index is 1.48. The molecule has 1 saturated heterocycles. The molecule has 4 rings (SSSR count). The van der Waals surface area contributed by atoms with Crippen LogP contribution in [0.5, 0.6) is 0 Å². The summed E-state index contributed by atoms with van der Waals surface area (Å²) in [6, 6.07) is 6.64. The van der Waals surface area contributed by atoms with E-state index in [1.165, 1.54) is 64.2 Å². The van der Waals surface area contributed by atoms with Crippen molar-refractivity contribution in [1.29, 1.82) is 0 Å². The summed E-state index contributed by atoms with van der Waals surface area (Å²) < 4.78 is 13.2. The molecular weight excluding hydrogens is 381 g/mol. The normalized spacial score (nSPS) is 25.5. The Kier molecular flexibility index (Phi) is 5.67. The highest BCUT2D eigenvalue weighted by molar-refractivity contribution is 7.60. The number of rotatable bonds is 4. The monoisotopic (exact) mass is 409 g/mol. The standard InChI is InChI=1S/C20H29ClN3O2P/c21-18-13-11-15(12-14-18)19(25)22-27(26)23-20(24-27,16-7-3-1-4-8-16)17-9-5-2-6-10-17/h11-14,16-17H,1-10H2,(H3,22,23,24,25,26). The molecule has 0 atom stereocenters. The maximum Gasteiger partial charge on any atom is 0.308 e. The predicted octanol–water partition coefficient (Wildman–Crippen LogP) is 5.23. The quantitative estimate of drug-likeness (QED) is 0.595. The minimum atomic E-state index is -3.11. The van der Waals surface area contributed by atoms with E-state index in [-0.39, 0.29) is 11.6 Å². The van der Waals surface area contributed by atoms with Gasteiger partial charge < -0.3 is 0 Å². The largest absolute Gasteiger partial charge is 0.308 e. The molecule has 2 aliphatic carbocycles. The average Bonchev–Trinajstić information content (AvgIpc) is 2.67. The van der Waals surface area contributed by atoms with Crippen LogP contribution >= 0.6 is 19.2 Å². The van der Waals surface area contributed by atoms with E-state index >= 15 is 0 Å². The highest BCUT2D eigenvalue weighted by Gasteiger charge is 2.59. The third-order valence-electron chi connectivity index (χ3n) is 6.55. The van der Waals surface area contributed by atoms with E-state index in [0.29, 0.717) is 22.4 Å². The lowest BCUT2D eigenvalue weighted by atomic mass is 9.70. The van der Waals surface area contributed by atoms with Crippen molar-refractivity contribution in [3.05, 3.63) is 34.9 Å². The van der Waals surface area contributed by atoms with Gasteiger partial charge in [-0.3, -0.25) is 14.4 Å². The van der Waals surface area contributed by atoms with Crippen molar-refractivity contribution in [2.45, 2.75) is 69.9 Å². The molecule has 1 aromatic rings. The SMILES string of the molecule is O=C(NP1(=O)NC(C2CCCCC2)(C2CCCCC2)N1)c1ccc(Cl)cc1. The number of halogens is 1. The molecule has 3 N–H and O–H groups in total. The first-order chi connectivity index (χ1) is 13.0. The van der Waals surface area contributed by atoms with Crippen molar-refractivity contribution in [2.75, 3.05) is 0 Å². The summed E-state index contributed by atoms with van der Waals surface area (Å²) in [6.45, 7) is 0. The van der Waals surface area contributed by atoms with Crippen molar-refractivity contribution in [1.82, 2.24) is 15.3 Å². The summed E-state index contributed by atoms with van der Waals surface area (Å²) in [4.78, 5) is 12.5. The Morgan fingerprint density at radius 3 is 1.89 bits per heavy atom. The van der Waals surface area contributed by atoms with E-state index < -0.39 is 7.59 Å². The van der Waals surface area contributed by atoms with Gasteiger partial charge in [0.1, 0.15) is 0 Å². The number of carbonyl (C=O) groups is 1. The van der Waals surface area contributed by atoms with Gasteiger partial charge in [0.05, 0.1) is 5.66 Å². The van der Waals surface area contributed by atoms with E-state index in [9.17, 15) is 9.36 Å². The number of hydrogen-bond acceptors (Lipinski definition) is 2. The maximum absolute atomic E-state index is 13.2. The summed E-state index contributed by atoms with van der Waals surface area (Å²) in [5, 5.41) is 10.1. The van der Waals surface area contributed by atoms with E-state index in [2.05, 4.69) is 15.3 Å². The van der Waals surface area contributed by atoms with Crippen LogP contribution in [0.4, 0.5) is 0 Å². The van der Waals surface area contributed by atoms with Crippen LogP contribution in [-0.4, -0.2) is 11.6 Å². The minimum absolute atomic E-state index is 0.274. The Bertz CT molecular complexity index is 697. The number of amides is 1. The third kappa shape index (κ3) is 3.98. The lowest BCUT2D eigenvalue weighted by Crippen LogP contribution is -2.75. The number of hydrogen-bond donors (Lipinski definition) is 3. The van der Waals surface area contributed by atoms with Crippen LogP contribution in [0.2, 0.25) is 5.02 Å². The van der Waals surface area contributed by atoms with Gasteiger partial charge >= 0.3 is 7.59 Å². The van der Waals surface area contributed by atoms with Crippen LogP contribution in [0.3, 0.4) is 0 Å². The molecule has 0 aromatic heterocycles. The average molecular weight is 410 g/mol. The van der Waals surface area contributed by atoms with Gasteiger partial charge in [0.2, 0.25) is 0 Å². The summed E-state index contributed by atoms with van der Waals surface area (Å²) in [7, 11) is -3.11. The van der Waals surface area contributed by atoms with Crippen LogP contribution in [0.15, 0.2) is 24.3 Å². The van der Waals surface area contributed by atoms with Gasteiger partial charge in [-0.1, -0.05) is 50.1 Å². The summed E-state index contributed by atoms with van der Waals surface area (Å²) in [6.07, 6.45) is 12.2. The molecule has 0 bridgehead atoms. The molecule has 3 fully saturated rings. The molecule has 3 aliphatic rings. The van der Waals surface area contributed by atoms with Gasteiger partial charge in [0.15, 0.2) is 0 Å². The Morgan fingerprint density at radius 2 is 1.41 bits per heavy atom. The fourth-order valence-corrected chi connectivity index (χ4v) is 7.63. The van der Waals surface area contributed by atoms with E-state index in [0.717, 1.165) is 0 Å². The number of carbonyl (C=O) groups excluding carboxylic acids is 1. The molecule has 1 amide bonds. The minimum Gasteiger partial charge on any atom is -0.279 e. The maximum atomic E-state index is 13.2. The Morgan fingerprint density at radius 1 is 0.926 bits per heavy atom.